The van der Waals surface area contributed by atoms with Gasteiger partial charge in [-0.1, -0.05) is 11.6 Å². The van der Waals surface area contributed by atoms with E-state index in [1.165, 1.54) is 6.07 Å². The first-order valence-electron chi connectivity index (χ1n) is 8.09. The number of hydrogen-bond donors (Lipinski definition) is 3. The number of benzene rings is 2. The highest BCUT2D eigenvalue weighted by Crippen LogP contribution is 2.15. The van der Waals surface area contributed by atoms with E-state index in [9.17, 15) is 18.4 Å². The van der Waals surface area contributed by atoms with Gasteiger partial charge in [0.1, 0.15) is 23.4 Å². The summed E-state index contributed by atoms with van der Waals surface area (Å²) in [5, 5.41) is 2.10. The lowest BCUT2D eigenvalue weighted by molar-refractivity contribution is -0.682. The zero-order valence-electron chi connectivity index (χ0n) is 14.5. The molecule has 2 rings (SSSR count). The average molecular weight is 399 g/mol. The molecule has 0 aliphatic rings. The van der Waals surface area contributed by atoms with Crippen LogP contribution in [0, 0.1) is 11.6 Å². The van der Waals surface area contributed by atoms with Crippen molar-refractivity contribution >= 4 is 23.4 Å². The summed E-state index contributed by atoms with van der Waals surface area (Å²) in [6, 6.07) is 9.34. The maximum absolute atomic E-state index is 13.7. The van der Waals surface area contributed by atoms with Crippen LogP contribution in [0.15, 0.2) is 42.5 Å². The van der Waals surface area contributed by atoms with Crippen molar-refractivity contribution in [3.63, 3.8) is 0 Å². The summed E-state index contributed by atoms with van der Waals surface area (Å²) in [5.41, 5.74) is 4.73. The molecule has 144 valence electrons. The Hall–Kier alpha value is -2.71. The van der Waals surface area contributed by atoms with Gasteiger partial charge in [-0.2, -0.15) is 0 Å². The van der Waals surface area contributed by atoms with Gasteiger partial charge in [-0.3, -0.25) is 20.4 Å². The van der Waals surface area contributed by atoms with E-state index in [-0.39, 0.29) is 18.7 Å². The fraction of sp³-hybridized carbons (Fsp3) is 0.222. The number of hydrogen-bond acceptors (Lipinski definition) is 3. The third kappa shape index (κ3) is 6.84. The SMILES string of the molecule is C[C@H]([NH2+]CC(=O)NNC(=O)COc1ccc(Cl)cc1)c1ccc(F)cc1F. The summed E-state index contributed by atoms with van der Waals surface area (Å²) in [7, 11) is 0. The van der Waals surface area contributed by atoms with Crippen molar-refractivity contribution in [3.05, 3.63) is 64.7 Å². The van der Waals surface area contributed by atoms with Gasteiger partial charge < -0.3 is 10.1 Å². The normalized spacial score (nSPS) is 11.6. The Morgan fingerprint density at radius 2 is 1.78 bits per heavy atom. The van der Waals surface area contributed by atoms with Crippen molar-refractivity contribution in [3.8, 4) is 5.75 Å². The molecule has 0 radical (unpaired) electrons. The molecule has 27 heavy (non-hydrogen) atoms. The molecule has 0 heterocycles. The largest absolute Gasteiger partial charge is 0.484 e. The Kier molecular flexibility index (Phi) is 7.51. The number of amides is 2. The maximum Gasteiger partial charge on any atom is 0.293 e. The first-order valence-corrected chi connectivity index (χ1v) is 8.47. The second-order valence-electron chi connectivity index (χ2n) is 5.73. The number of quaternary nitrogens is 1. The molecule has 2 aromatic rings. The predicted molar refractivity (Wildman–Crippen MR) is 94.8 cm³/mol. The number of carbonyl (C=O) groups is 2. The molecule has 9 heteroatoms. The van der Waals surface area contributed by atoms with Crippen LogP contribution in [0.25, 0.3) is 0 Å². The van der Waals surface area contributed by atoms with Gasteiger partial charge in [0.15, 0.2) is 13.2 Å². The summed E-state index contributed by atoms with van der Waals surface area (Å²) in [5.74, 6) is -1.90. The minimum absolute atomic E-state index is 0.0592. The molecule has 2 aromatic carbocycles. The van der Waals surface area contributed by atoms with E-state index in [0.29, 0.717) is 10.8 Å². The standard InChI is InChI=1S/C18H18ClF2N3O3/c1-11(15-7-4-13(20)8-16(15)21)22-9-17(25)23-24-18(26)10-27-14-5-2-12(19)3-6-14/h2-8,11,22H,9-10H2,1H3,(H,23,25)(H,24,26)/p+1/t11-/m0/s1. The quantitative estimate of drug-likeness (QED) is 0.617. The number of ether oxygens (including phenoxy) is 1. The third-order valence-corrected chi connectivity index (χ3v) is 3.89. The molecule has 1 atom stereocenters. The van der Waals surface area contributed by atoms with Crippen molar-refractivity contribution in [1.29, 1.82) is 0 Å². The van der Waals surface area contributed by atoms with Gasteiger partial charge in [0.25, 0.3) is 11.8 Å². The molecule has 4 N–H and O–H groups in total. The van der Waals surface area contributed by atoms with Gasteiger partial charge in [-0.25, -0.2) is 8.78 Å². The van der Waals surface area contributed by atoms with Crippen LogP contribution in [-0.4, -0.2) is 25.0 Å². The van der Waals surface area contributed by atoms with Crippen LogP contribution < -0.4 is 20.9 Å². The van der Waals surface area contributed by atoms with Crippen LogP contribution in [-0.2, 0) is 9.59 Å². The minimum Gasteiger partial charge on any atom is -0.484 e. The van der Waals surface area contributed by atoms with Gasteiger partial charge in [-0.15, -0.1) is 0 Å². The van der Waals surface area contributed by atoms with E-state index in [1.807, 2.05) is 0 Å². The van der Waals surface area contributed by atoms with Crippen LogP contribution in [0.4, 0.5) is 8.78 Å². The van der Waals surface area contributed by atoms with Crippen molar-refractivity contribution < 1.29 is 28.4 Å². The molecule has 0 unspecified atom stereocenters. The molecule has 0 saturated heterocycles. The molecule has 0 saturated carbocycles. The lowest BCUT2D eigenvalue weighted by Crippen LogP contribution is -2.87. The van der Waals surface area contributed by atoms with Gasteiger partial charge in [0.05, 0.1) is 0 Å². The third-order valence-electron chi connectivity index (χ3n) is 3.63. The van der Waals surface area contributed by atoms with Crippen molar-refractivity contribution in [2.24, 2.45) is 0 Å². The molecule has 0 aromatic heterocycles. The summed E-state index contributed by atoms with van der Waals surface area (Å²) in [4.78, 5) is 23.4. The van der Waals surface area contributed by atoms with Crippen LogP contribution >= 0.6 is 11.6 Å². The molecule has 0 bridgehead atoms. The Labute approximate surface area is 159 Å². The molecule has 0 aliphatic carbocycles. The van der Waals surface area contributed by atoms with Crippen LogP contribution in [0.2, 0.25) is 5.02 Å². The first-order chi connectivity index (χ1) is 12.8. The fourth-order valence-electron chi connectivity index (χ4n) is 2.19. The highest BCUT2D eigenvalue weighted by atomic mass is 35.5. The fourth-order valence-corrected chi connectivity index (χ4v) is 2.31. The van der Waals surface area contributed by atoms with Crippen molar-refractivity contribution in [1.82, 2.24) is 10.9 Å². The maximum atomic E-state index is 13.7. The molecule has 0 fully saturated rings. The van der Waals surface area contributed by atoms with Crippen LogP contribution in [0.5, 0.6) is 5.75 Å². The molecular formula is C18H19ClF2N3O3+. The Bertz CT molecular complexity index is 803. The van der Waals surface area contributed by atoms with Crippen molar-refractivity contribution in [2.45, 2.75) is 13.0 Å². The number of nitrogens with two attached hydrogens (primary N) is 1. The zero-order chi connectivity index (χ0) is 19.8. The monoisotopic (exact) mass is 398 g/mol. The summed E-state index contributed by atoms with van der Waals surface area (Å²) >= 11 is 5.74. The van der Waals surface area contributed by atoms with E-state index in [4.69, 9.17) is 16.3 Å². The van der Waals surface area contributed by atoms with Gasteiger partial charge in [0, 0.05) is 16.7 Å². The van der Waals surface area contributed by atoms with E-state index < -0.39 is 29.5 Å². The van der Waals surface area contributed by atoms with E-state index >= 15 is 0 Å². The molecule has 2 amide bonds. The van der Waals surface area contributed by atoms with E-state index in [1.54, 1.807) is 36.5 Å². The Morgan fingerprint density at radius 1 is 1.11 bits per heavy atom. The highest BCUT2D eigenvalue weighted by Gasteiger charge is 2.16. The van der Waals surface area contributed by atoms with E-state index in [2.05, 4.69) is 10.9 Å². The molecular weight excluding hydrogens is 380 g/mol. The zero-order valence-corrected chi connectivity index (χ0v) is 15.2. The number of rotatable bonds is 7. The smallest absolute Gasteiger partial charge is 0.293 e. The number of nitrogens with one attached hydrogen (secondary N) is 2. The Balaban J connectivity index is 1.69. The number of halogens is 3. The topological polar surface area (TPSA) is 84.0 Å². The summed E-state index contributed by atoms with van der Waals surface area (Å²) in [6.07, 6.45) is 0. The molecule has 0 aliphatic heterocycles. The molecule has 0 spiro atoms. The number of hydrazine groups is 1. The average Bonchev–Trinajstić information content (AvgIpc) is 2.64. The van der Waals surface area contributed by atoms with Crippen molar-refractivity contribution in [2.75, 3.05) is 13.2 Å². The number of carbonyl (C=O) groups excluding carboxylic acids is 2. The van der Waals surface area contributed by atoms with Gasteiger partial charge in [-0.05, 0) is 43.3 Å². The first kappa shape index (κ1) is 20.6. The second kappa shape index (κ2) is 9.84. The molecule has 6 nitrogen and oxygen atoms in total. The van der Waals surface area contributed by atoms with Gasteiger partial charge >= 0.3 is 0 Å². The van der Waals surface area contributed by atoms with Crippen LogP contribution in [0.1, 0.15) is 18.5 Å². The summed E-state index contributed by atoms with van der Waals surface area (Å²) in [6.45, 7) is 1.33. The van der Waals surface area contributed by atoms with Crippen LogP contribution in [0.3, 0.4) is 0 Å². The van der Waals surface area contributed by atoms with Gasteiger partial charge in [0.2, 0.25) is 0 Å². The Morgan fingerprint density at radius 3 is 2.44 bits per heavy atom. The minimum atomic E-state index is -0.674. The van der Waals surface area contributed by atoms with E-state index in [0.717, 1.165) is 12.1 Å². The lowest BCUT2D eigenvalue weighted by Gasteiger charge is -2.12. The highest BCUT2D eigenvalue weighted by molar-refractivity contribution is 6.30. The second-order valence-corrected chi connectivity index (χ2v) is 6.17. The lowest BCUT2D eigenvalue weighted by atomic mass is 10.1. The predicted octanol–water partition coefficient (Wildman–Crippen LogP) is 1.47. The summed E-state index contributed by atoms with van der Waals surface area (Å²) < 4.78 is 31.8.